The summed E-state index contributed by atoms with van der Waals surface area (Å²) in [5, 5.41) is 12.2. The normalized spacial score (nSPS) is 15.2. The molecule has 1 aliphatic carbocycles. The molecule has 1 aromatic heterocycles. The molecule has 29 heavy (non-hydrogen) atoms. The molecule has 6 nitrogen and oxygen atoms in total. The third-order valence-corrected chi connectivity index (χ3v) is 7.24. The Labute approximate surface area is 177 Å². The first-order chi connectivity index (χ1) is 13.9. The van der Waals surface area contributed by atoms with Crippen LogP contribution in [-0.4, -0.2) is 34.4 Å². The minimum atomic E-state index is -0.840. The van der Waals surface area contributed by atoms with E-state index >= 15 is 0 Å². The van der Waals surface area contributed by atoms with Gasteiger partial charge in [-0.05, 0) is 37.0 Å². The van der Waals surface area contributed by atoms with E-state index in [9.17, 15) is 14.0 Å². The van der Waals surface area contributed by atoms with E-state index < -0.39 is 11.9 Å². The quantitative estimate of drug-likeness (QED) is 0.546. The van der Waals surface area contributed by atoms with Crippen LogP contribution in [0.25, 0.3) is 0 Å². The van der Waals surface area contributed by atoms with E-state index in [4.69, 9.17) is 5.11 Å². The zero-order valence-electron chi connectivity index (χ0n) is 16.1. The number of thioether (sulfide) groups is 1. The SMILES string of the molecule is CC(CSc1cnc(NC(=O)N(CC2CCCC2)c2cccc(F)c2)s1)C(=O)O. The van der Waals surface area contributed by atoms with E-state index in [0.29, 0.717) is 29.0 Å². The number of amides is 2. The second-order valence-electron chi connectivity index (χ2n) is 7.21. The summed E-state index contributed by atoms with van der Waals surface area (Å²) in [6.07, 6.45) is 6.08. The van der Waals surface area contributed by atoms with Crippen LogP contribution >= 0.6 is 23.1 Å². The Kier molecular flexibility index (Phi) is 7.49. The maximum atomic E-state index is 13.7. The summed E-state index contributed by atoms with van der Waals surface area (Å²) in [6.45, 7) is 2.19. The molecule has 2 aromatic rings. The number of thiazole rings is 1. The number of halogens is 1. The van der Waals surface area contributed by atoms with Gasteiger partial charge < -0.3 is 5.11 Å². The number of nitrogens with one attached hydrogen (secondary N) is 1. The van der Waals surface area contributed by atoms with Gasteiger partial charge in [-0.2, -0.15) is 0 Å². The highest BCUT2D eigenvalue weighted by atomic mass is 32.2. The van der Waals surface area contributed by atoms with Crippen molar-refractivity contribution in [1.29, 1.82) is 0 Å². The minimum Gasteiger partial charge on any atom is -0.481 e. The van der Waals surface area contributed by atoms with Crippen molar-refractivity contribution in [3.8, 4) is 0 Å². The van der Waals surface area contributed by atoms with Crippen molar-refractivity contribution >= 4 is 45.9 Å². The number of carbonyl (C=O) groups is 2. The lowest BCUT2D eigenvalue weighted by Crippen LogP contribution is -2.38. The highest BCUT2D eigenvalue weighted by molar-refractivity contribution is 8.01. The number of nitrogens with zero attached hydrogens (tertiary/aromatic N) is 2. The predicted molar refractivity (Wildman–Crippen MR) is 114 cm³/mol. The van der Waals surface area contributed by atoms with Crippen LogP contribution in [0.1, 0.15) is 32.6 Å². The number of hydrogen-bond donors (Lipinski definition) is 2. The fourth-order valence-electron chi connectivity index (χ4n) is 3.22. The average Bonchev–Trinajstić information content (AvgIpc) is 3.35. The van der Waals surface area contributed by atoms with Crippen LogP contribution in [0.5, 0.6) is 0 Å². The molecule has 1 unspecified atom stereocenters. The standard InChI is InChI=1S/C20H24FN3O3S2/c1-13(18(25)26)12-28-17-10-22-19(29-17)23-20(27)24(11-14-5-2-3-6-14)16-8-4-7-15(21)9-16/h4,7-10,13-14H,2-3,5-6,11-12H2,1H3,(H,25,26)(H,22,23,27). The predicted octanol–water partition coefficient (Wildman–Crippen LogP) is 5.32. The van der Waals surface area contributed by atoms with Crippen molar-refractivity contribution in [2.75, 3.05) is 22.5 Å². The van der Waals surface area contributed by atoms with Gasteiger partial charge in [0, 0.05) is 18.0 Å². The molecule has 9 heteroatoms. The van der Waals surface area contributed by atoms with E-state index in [0.717, 1.165) is 29.9 Å². The van der Waals surface area contributed by atoms with Gasteiger partial charge in [0.1, 0.15) is 5.82 Å². The monoisotopic (exact) mass is 437 g/mol. The summed E-state index contributed by atoms with van der Waals surface area (Å²) in [5.74, 6) is -0.846. The Morgan fingerprint density at radius 2 is 2.17 bits per heavy atom. The number of rotatable bonds is 8. The second-order valence-corrected chi connectivity index (χ2v) is 9.56. The number of aromatic nitrogens is 1. The molecular weight excluding hydrogens is 413 g/mol. The van der Waals surface area contributed by atoms with Gasteiger partial charge in [0.05, 0.1) is 16.3 Å². The number of aliphatic carboxylic acids is 1. The number of benzene rings is 1. The summed E-state index contributed by atoms with van der Waals surface area (Å²) >= 11 is 2.70. The molecule has 1 heterocycles. The Morgan fingerprint density at radius 3 is 2.86 bits per heavy atom. The van der Waals surface area contributed by atoms with Gasteiger partial charge in [-0.15, -0.1) is 11.8 Å². The smallest absolute Gasteiger partial charge is 0.328 e. The lowest BCUT2D eigenvalue weighted by Gasteiger charge is -2.25. The summed E-state index contributed by atoms with van der Waals surface area (Å²) in [6, 6.07) is 5.71. The maximum Gasteiger partial charge on any atom is 0.328 e. The minimum absolute atomic E-state index is 0.340. The first-order valence-electron chi connectivity index (χ1n) is 9.58. The van der Waals surface area contributed by atoms with Crippen LogP contribution < -0.4 is 10.2 Å². The Bertz CT molecular complexity index is 855. The van der Waals surface area contributed by atoms with Crippen LogP contribution in [0.2, 0.25) is 0 Å². The number of carboxylic acids is 1. The number of carbonyl (C=O) groups excluding carboxylic acids is 1. The molecule has 0 bridgehead atoms. The van der Waals surface area contributed by atoms with Crippen molar-refractivity contribution in [2.24, 2.45) is 11.8 Å². The van der Waals surface area contributed by atoms with Gasteiger partial charge in [0.15, 0.2) is 5.13 Å². The zero-order valence-corrected chi connectivity index (χ0v) is 17.8. The van der Waals surface area contributed by atoms with Crippen LogP contribution in [-0.2, 0) is 4.79 Å². The van der Waals surface area contributed by atoms with Crippen molar-refractivity contribution in [3.63, 3.8) is 0 Å². The summed E-state index contributed by atoms with van der Waals surface area (Å²) in [7, 11) is 0. The van der Waals surface area contributed by atoms with Crippen LogP contribution in [0.4, 0.5) is 20.0 Å². The van der Waals surface area contributed by atoms with Gasteiger partial charge in [0.25, 0.3) is 0 Å². The van der Waals surface area contributed by atoms with E-state index in [1.54, 1.807) is 30.2 Å². The number of urea groups is 1. The van der Waals surface area contributed by atoms with E-state index in [1.165, 1.54) is 35.2 Å². The summed E-state index contributed by atoms with van der Waals surface area (Å²) in [5.41, 5.74) is 0.524. The molecule has 1 aliphatic rings. The molecule has 1 atom stereocenters. The molecule has 2 amide bonds. The fourth-order valence-corrected chi connectivity index (χ4v) is 5.12. The molecule has 0 saturated heterocycles. The number of carboxylic acid groups (broad SMARTS) is 1. The molecule has 0 radical (unpaired) electrons. The first kappa shape index (κ1) is 21.6. The van der Waals surface area contributed by atoms with Crippen molar-refractivity contribution in [2.45, 2.75) is 36.8 Å². The molecule has 2 N–H and O–H groups in total. The van der Waals surface area contributed by atoms with Gasteiger partial charge in [-0.3, -0.25) is 15.0 Å². The van der Waals surface area contributed by atoms with Crippen LogP contribution in [0.15, 0.2) is 34.7 Å². The van der Waals surface area contributed by atoms with Gasteiger partial charge in [0.2, 0.25) is 0 Å². The molecule has 3 rings (SSSR count). The molecule has 1 fully saturated rings. The van der Waals surface area contributed by atoms with Crippen molar-refractivity contribution in [1.82, 2.24) is 4.98 Å². The van der Waals surface area contributed by atoms with E-state index in [1.807, 2.05) is 0 Å². The maximum absolute atomic E-state index is 13.7. The molecule has 1 saturated carbocycles. The summed E-state index contributed by atoms with van der Waals surface area (Å²) in [4.78, 5) is 29.7. The Hall–Kier alpha value is -2.13. The van der Waals surface area contributed by atoms with Gasteiger partial charge in [-0.1, -0.05) is 37.2 Å². The number of hydrogen-bond acceptors (Lipinski definition) is 5. The average molecular weight is 438 g/mol. The third kappa shape index (κ3) is 6.17. The lowest BCUT2D eigenvalue weighted by molar-refractivity contribution is -0.140. The van der Waals surface area contributed by atoms with Crippen LogP contribution in [0.3, 0.4) is 0 Å². The first-order valence-corrected chi connectivity index (χ1v) is 11.4. The zero-order chi connectivity index (χ0) is 20.8. The highest BCUT2D eigenvalue weighted by Gasteiger charge is 2.24. The van der Waals surface area contributed by atoms with Crippen molar-refractivity contribution < 1.29 is 19.1 Å². The Morgan fingerprint density at radius 1 is 1.41 bits per heavy atom. The highest BCUT2D eigenvalue weighted by Crippen LogP contribution is 2.31. The van der Waals surface area contributed by atoms with Crippen LogP contribution in [0, 0.1) is 17.7 Å². The molecule has 0 spiro atoms. The Balaban J connectivity index is 1.67. The van der Waals surface area contributed by atoms with E-state index in [-0.39, 0.29) is 11.8 Å². The third-order valence-electron chi connectivity index (χ3n) is 4.88. The molecular formula is C20H24FN3O3S2. The topological polar surface area (TPSA) is 82.5 Å². The van der Waals surface area contributed by atoms with E-state index in [2.05, 4.69) is 10.3 Å². The molecule has 156 valence electrons. The van der Waals surface area contributed by atoms with Gasteiger partial charge >= 0.3 is 12.0 Å². The largest absolute Gasteiger partial charge is 0.481 e. The van der Waals surface area contributed by atoms with Gasteiger partial charge in [-0.25, -0.2) is 14.2 Å². The fraction of sp³-hybridized carbons (Fsp3) is 0.450. The number of anilines is 2. The second kappa shape index (κ2) is 10.1. The summed E-state index contributed by atoms with van der Waals surface area (Å²) < 4.78 is 14.6. The van der Waals surface area contributed by atoms with Crippen molar-refractivity contribution in [3.05, 3.63) is 36.3 Å². The molecule has 1 aromatic carbocycles. The molecule has 0 aliphatic heterocycles. The lowest BCUT2D eigenvalue weighted by atomic mass is 10.1.